The molecule has 0 amide bonds. The van der Waals surface area contributed by atoms with Gasteiger partial charge in [-0.15, -0.1) is 0 Å². The predicted molar refractivity (Wildman–Crippen MR) is 94.5 cm³/mol. The van der Waals surface area contributed by atoms with Gasteiger partial charge in [0.05, 0.1) is 11.7 Å². The molecule has 0 bridgehead atoms. The molecule has 1 saturated carbocycles. The summed E-state index contributed by atoms with van der Waals surface area (Å²) >= 11 is 0. The van der Waals surface area contributed by atoms with Gasteiger partial charge in [0.25, 0.3) is 0 Å². The molecular weight excluding hydrogens is 304 g/mol. The van der Waals surface area contributed by atoms with Gasteiger partial charge in [-0.25, -0.2) is 4.79 Å². The Bertz CT molecular complexity index is 472. The van der Waals surface area contributed by atoms with Crippen molar-refractivity contribution in [2.75, 3.05) is 6.61 Å². The fraction of sp³-hybridized carbons (Fsp3) is 0.850. The number of carbonyl (C=O) groups is 1. The van der Waals surface area contributed by atoms with Crippen molar-refractivity contribution in [3.8, 4) is 0 Å². The number of rotatable bonds is 7. The summed E-state index contributed by atoms with van der Waals surface area (Å²) in [6.07, 6.45) is 8.02. The van der Waals surface area contributed by atoms with Gasteiger partial charge in [-0.2, -0.15) is 0 Å². The van der Waals surface area contributed by atoms with Gasteiger partial charge in [0, 0.05) is 6.61 Å². The number of carboxylic acids is 1. The lowest BCUT2D eigenvalue weighted by atomic mass is 9.60. The average Bonchev–Trinajstić information content (AvgIpc) is 2.83. The third-order valence-electron chi connectivity index (χ3n) is 6.87. The van der Waals surface area contributed by atoms with Crippen LogP contribution in [0.2, 0.25) is 0 Å². The molecule has 1 spiro atoms. The molecule has 0 aromatic rings. The van der Waals surface area contributed by atoms with Crippen molar-refractivity contribution in [2.24, 2.45) is 29.1 Å². The third kappa shape index (κ3) is 3.85. The zero-order chi connectivity index (χ0) is 17.9. The molecule has 2 rings (SSSR count). The van der Waals surface area contributed by atoms with E-state index in [0.29, 0.717) is 30.1 Å². The highest BCUT2D eigenvalue weighted by molar-refractivity contribution is 5.87. The number of allylic oxidation sites excluding steroid dienone is 1. The lowest BCUT2D eigenvalue weighted by molar-refractivity contribution is -0.134. The summed E-state index contributed by atoms with van der Waals surface area (Å²) in [6, 6.07) is 0. The maximum atomic E-state index is 11.2. The van der Waals surface area contributed by atoms with E-state index in [4.69, 9.17) is 5.11 Å². The number of aliphatic carboxylic acids is 1. The predicted octanol–water partition coefficient (Wildman–Crippen LogP) is 3.62. The van der Waals surface area contributed by atoms with E-state index >= 15 is 0 Å². The molecule has 0 radical (unpaired) electrons. The van der Waals surface area contributed by atoms with Crippen LogP contribution in [0, 0.1) is 29.1 Å². The van der Waals surface area contributed by atoms with Crippen molar-refractivity contribution in [2.45, 2.75) is 71.8 Å². The first kappa shape index (κ1) is 19.5. The number of aliphatic hydroxyl groups is 2. The highest BCUT2D eigenvalue weighted by Gasteiger charge is 2.51. The summed E-state index contributed by atoms with van der Waals surface area (Å²) in [5.41, 5.74) is 0.239. The van der Waals surface area contributed by atoms with Crippen LogP contribution in [0.25, 0.3) is 0 Å². The molecule has 1 fully saturated rings. The lowest BCUT2D eigenvalue weighted by Crippen LogP contribution is -2.41. The van der Waals surface area contributed by atoms with Crippen LogP contribution in [0.5, 0.6) is 0 Å². The van der Waals surface area contributed by atoms with E-state index in [1.807, 2.05) is 0 Å². The Morgan fingerprint density at radius 2 is 2.04 bits per heavy atom. The minimum Gasteiger partial charge on any atom is -0.478 e. The molecule has 4 nitrogen and oxygen atoms in total. The summed E-state index contributed by atoms with van der Waals surface area (Å²) < 4.78 is 0. The second kappa shape index (κ2) is 8.01. The molecule has 0 unspecified atom stereocenters. The van der Waals surface area contributed by atoms with Gasteiger partial charge >= 0.3 is 5.97 Å². The maximum Gasteiger partial charge on any atom is 0.333 e. The lowest BCUT2D eigenvalue weighted by Gasteiger charge is -2.45. The van der Waals surface area contributed by atoms with E-state index in [2.05, 4.69) is 20.8 Å². The maximum absolute atomic E-state index is 11.2. The van der Waals surface area contributed by atoms with Crippen LogP contribution in [0.15, 0.2) is 11.6 Å². The van der Waals surface area contributed by atoms with Gasteiger partial charge in [-0.3, -0.25) is 0 Å². The Hall–Kier alpha value is -0.870. The third-order valence-corrected chi connectivity index (χ3v) is 6.87. The smallest absolute Gasteiger partial charge is 0.333 e. The minimum absolute atomic E-state index is 0.0559. The zero-order valence-corrected chi connectivity index (χ0v) is 15.4. The standard InChI is InChI=1S/C20H34O4/c1-13(12-21)5-4-6-14(2)17-8-7-15(3)20(17)10-9-16(19(23)24)18(22)11-20/h9,13-15,17-18,21-22H,4-8,10-12H2,1-3H3,(H,23,24)/t13-,14+,15-,17+,18-,20-/m0/s1. The molecular formula is C20H34O4. The van der Waals surface area contributed by atoms with Crippen LogP contribution in [0.1, 0.15) is 65.7 Å². The van der Waals surface area contributed by atoms with Gasteiger partial charge in [-0.1, -0.05) is 39.7 Å². The van der Waals surface area contributed by atoms with Gasteiger partial charge in [0.15, 0.2) is 0 Å². The van der Waals surface area contributed by atoms with Gasteiger partial charge in [0.2, 0.25) is 0 Å². The molecule has 0 heterocycles. The molecule has 0 aliphatic heterocycles. The monoisotopic (exact) mass is 338 g/mol. The van der Waals surface area contributed by atoms with E-state index in [0.717, 1.165) is 25.7 Å². The fourth-order valence-corrected chi connectivity index (χ4v) is 5.23. The first-order valence-electron chi connectivity index (χ1n) is 9.54. The van der Waals surface area contributed by atoms with E-state index < -0.39 is 12.1 Å². The largest absolute Gasteiger partial charge is 0.478 e. The Morgan fingerprint density at radius 3 is 2.62 bits per heavy atom. The molecule has 2 aliphatic carbocycles. The summed E-state index contributed by atoms with van der Waals surface area (Å²) in [6.45, 7) is 6.93. The Kier molecular flexibility index (Phi) is 6.49. The van der Waals surface area contributed by atoms with Crippen molar-refractivity contribution < 1.29 is 20.1 Å². The molecule has 24 heavy (non-hydrogen) atoms. The van der Waals surface area contributed by atoms with Gasteiger partial charge < -0.3 is 15.3 Å². The average molecular weight is 338 g/mol. The molecule has 0 aromatic carbocycles. The molecule has 0 aromatic heterocycles. The quantitative estimate of drug-likeness (QED) is 0.662. The molecule has 3 N–H and O–H groups in total. The van der Waals surface area contributed by atoms with Crippen molar-refractivity contribution in [3.05, 3.63) is 11.6 Å². The van der Waals surface area contributed by atoms with Crippen molar-refractivity contribution in [3.63, 3.8) is 0 Å². The van der Waals surface area contributed by atoms with Crippen LogP contribution >= 0.6 is 0 Å². The van der Waals surface area contributed by atoms with Crippen LogP contribution < -0.4 is 0 Å². The first-order valence-corrected chi connectivity index (χ1v) is 9.54. The van der Waals surface area contributed by atoms with Crippen LogP contribution in [0.4, 0.5) is 0 Å². The Labute approximate surface area is 146 Å². The molecule has 6 atom stereocenters. The number of hydrogen-bond acceptors (Lipinski definition) is 3. The molecule has 0 saturated heterocycles. The molecule has 4 heteroatoms. The highest BCUT2D eigenvalue weighted by Crippen LogP contribution is 2.58. The number of carboxylic acid groups (broad SMARTS) is 1. The van der Waals surface area contributed by atoms with Crippen molar-refractivity contribution >= 4 is 5.97 Å². The molecule has 138 valence electrons. The normalized spacial score (nSPS) is 35.7. The topological polar surface area (TPSA) is 77.8 Å². The second-order valence-corrected chi connectivity index (χ2v) is 8.40. The van der Waals surface area contributed by atoms with Gasteiger partial charge in [0.1, 0.15) is 0 Å². The molecule has 2 aliphatic rings. The first-order chi connectivity index (χ1) is 11.3. The van der Waals surface area contributed by atoms with Crippen LogP contribution in [-0.4, -0.2) is 34.0 Å². The Balaban J connectivity index is 2.06. The van der Waals surface area contributed by atoms with Crippen LogP contribution in [0.3, 0.4) is 0 Å². The SMILES string of the molecule is C[C@H](CO)CCC[C@@H](C)[C@H]1CC[C@H](C)[C@@]12CC=C(C(=O)O)[C@@H](O)C2. The minimum atomic E-state index is -0.981. The van der Waals surface area contributed by atoms with Crippen molar-refractivity contribution in [1.29, 1.82) is 0 Å². The summed E-state index contributed by atoms with van der Waals surface area (Å²) in [5.74, 6) is 1.05. The van der Waals surface area contributed by atoms with Gasteiger partial charge in [-0.05, 0) is 61.2 Å². The second-order valence-electron chi connectivity index (χ2n) is 8.40. The summed E-state index contributed by atoms with van der Waals surface area (Å²) in [4.78, 5) is 11.2. The van der Waals surface area contributed by atoms with Crippen molar-refractivity contribution in [1.82, 2.24) is 0 Å². The number of aliphatic hydroxyl groups excluding tert-OH is 2. The van der Waals surface area contributed by atoms with E-state index in [1.54, 1.807) is 6.08 Å². The van der Waals surface area contributed by atoms with E-state index in [9.17, 15) is 15.0 Å². The summed E-state index contributed by atoms with van der Waals surface area (Å²) in [5, 5.41) is 28.8. The summed E-state index contributed by atoms with van der Waals surface area (Å²) in [7, 11) is 0. The zero-order valence-electron chi connectivity index (χ0n) is 15.4. The van der Waals surface area contributed by atoms with E-state index in [-0.39, 0.29) is 17.6 Å². The fourth-order valence-electron chi connectivity index (χ4n) is 5.23. The highest BCUT2D eigenvalue weighted by atomic mass is 16.4. The van der Waals surface area contributed by atoms with E-state index in [1.165, 1.54) is 12.8 Å². The Morgan fingerprint density at radius 1 is 1.33 bits per heavy atom. The number of hydrogen-bond donors (Lipinski definition) is 3. The van der Waals surface area contributed by atoms with Crippen LogP contribution in [-0.2, 0) is 4.79 Å².